The van der Waals surface area contributed by atoms with Gasteiger partial charge in [0.1, 0.15) is 5.78 Å². The molecule has 0 aromatic heterocycles. The van der Waals surface area contributed by atoms with Gasteiger partial charge in [-0.25, -0.2) is 0 Å². The quantitative estimate of drug-likeness (QED) is 0.678. The van der Waals surface area contributed by atoms with Gasteiger partial charge < -0.3 is 0 Å². The number of rotatable bonds is 0. The molecule has 0 unspecified atom stereocenters. The van der Waals surface area contributed by atoms with Crippen LogP contribution in [-0.4, -0.2) is 11.6 Å². The van der Waals surface area contributed by atoms with Crippen LogP contribution >= 0.6 is 0 Å². The summed E-state index contributed by atoms with van der Waals surface area (Å²) in [6, 6.07) is 0. The molecule has 0 radical (unpaired) electrons. The van der Waals surface area contributed by atoms with E-state index < -0.39 is 0 Å². The van der Waals surface area contributed by atoms with E-state index in [4.69, 9.17) is 0 Å². The Kier molecular flexibility index (Phi) is 2.42. The lowest BCUT2D eigenvalue weighted by Crippen LogP contribution is -2.52. The molecular formula is C20H26O2. The highest BCUT2D eigenvalue weighted by atomic mass is 16.1. The molecule has 4 fully saturated rings. The summed E-state index contributed by atoms with van der Waals surface area (Å²) in [7, 11) is 0. The Morgan fingerprint density at radius 2 is 2.00 bits per heavy atom. The van der Waals surface area contributed by atoms with E-state index in [9.17, 15) is 9.59 Å². The molecule has 4 saturated carbocycles. The highest BCUT2D eigenvalue weighted by molar-refractivity contribution is 5.92. The molecule has 0 amide bonds. The Bertz CT molecular complexity index is 617. The number of hydrogen-bond acceptors (Lipinski definition) is 2. The summed E-state index contributed by atoms with van der Waals surface area (Å²) < 4.78 is 0. The molecule has 2 nitrogen and oxygen atoms in total. The molecule has 0 aromatic carbocycles. The Morgan fingerprint density at radius 3 is 2.82 bits per heavy atom. The Labute approximate surface area is 132 Å². The summed E-state index contributed by atoms with van der Waals surface area (Å²) in [5.74, 6) is 4.37. The van der Waals surface area contributed by atoms with Gasteiger partial charge in [0.2, 0.25) is 0 Å². The van der Waals surface area contributed by atoms with E-state index in [-0.39, 0.29) is 5.41 Å². The van der Waals surface area contributed by atoms with E-state index in [2.05, 4.69) is 13.8 Å². The summed E-state index contributed by atoms with van der Waals surface area (Å²) in [6.45, 7) is 4.69. The van der Waals surface area contributed by atoms with Crippen LogP contribution in [0.4, 0.5) is 0 Å². The van der Waals surface area contributed by atoms with Gasteiger partial charge in [0.25, 0.3) is 0 Å². The number of fused-ring (bicyclic) bond motifs is 3. The minimum absolute atomic E-state index is 0.0151. The summed E-state index contributed by atoms with van der Waals surface area (Å²) in [5.41, 5.74) is 1.78. The van der Waals surface area contributed by atoms with Crippen molar-refractivity contribution in [2.24, 2.45) is 40.4 Å². The predicted octanol–water partition coefficient (Wildman–Crippen LogP) is 3.94. The molecule has 118 valence electrons. The SMILES string of the molecule is C[C@@H]1CC2=CC(=O)CC[C@@H]2[C@H]2CC[C@]3(C)C(=O)C[C@H]4C[C@]43[C@@H]21. The van der Waals surface area contributed by atoms with Gasteiger partial charge in [-0.15, -0.1) is 0 Å². The lowest BCUT2D eigenvalue weighted by atomic mass is 9.47. The molecule has 22 heavy (non-hydrogen) atoms. The van der Waals surface area contributed by atoms with Crippen LogP contribution in [0.15, 0.2) is 11.6 Å². The molecule has 7 atom stereocenters. The summed E-state index contributed by atoms with van der Waals surface area (Å²) in [5, 5.41) is 0. The molecule has 0 aliphatic heterocycles. The van der Waals surface area contributed by atoms with Gasteiger partial charge in [0.05, 0.1) is 0 Å². The molecule has 1 spiro atoms. The molecule has 0 aromatic rings. The maximum atomic E-state index is 12.6. The van der Waals surface area contributed by atoms with E-state index in [1.54, 1.807) is 0 Å². The van der Waals surface area contributed by atoms with Gasteiger partial charge in [0.15, 0.2) is 5.78 Å². The van der Waals surface area contributed by atoms with E-state index >= 15 is 0 Å². The topological polar surface area (TPSA) is 34.1 Å². The van der Waals surface area contributed by atoms with Gasteiger partial charge in [-0.1, -0.05) is 19.4 Å². The maximum absolute atomic E-state index is 12.6. The van der Waals surface area contributed by atoms with Crippen LogP contribution in [0.1, 0.15) is 58.8 Å². The summed E-state index contributed by atoms with van der Waals surface area (Å²) in [4.78, 5) is 24.4. The number of Topliss-reactive ketones (excluding diaryl/α,β-unsaturated/α-hetero) is 1. The van der Waals surface area contributed by atoms with Crippen molar-refractivity contribution in [2.45, 2.75) is 58.8 Å². The van der Waals surface area contributed by atoms with Crippen molar-refractivity contribution in [2.75, 3.05) is 0 Å². The van der Waals surface area contributed by atoms with E-state index in [0.29, 0.717) is 34.7 Å². The zero-order valence-electron chi connectivity index (χ0n) is 13.7. The lowest BCUT2D eigenvalue weighted by molar-refractivity contribution is -0.137. The van der Waals surface area contributed by atoms with E-state index in [1.165, 1.54) is 18.4 Å². The minimum Gasteiger partial charge on any atom is -0.299 e. The number of carbonyl (C=O) groups excluding carboxylic acids is 2. The van der Waals surface area contributed by atoms with Crippen molar-refractivity contribution in [3.63, 3.8) is 0 Å². The van der Waals surface area contributed by atoms with Crippen LogP contribution in [0.3, 0.4) is 0 Å². The minimum atomic E-state index is -0.0151. The molecule has 5 rings (SSSR count). The first kappa shape index (κ1) is 13.5. The van der Waals surface area contributed by atoms with Crippen molar-refractivity contribution in [1.29, 1.82) is 0 Å². The first-order valence-corrected chi connectivity index (χ1v) is 9.24. The number of carbonyl (C=O) groups is 2. The second kappa shape index (κ2) is 3.94. The Morgan fingerprint density at radius 1 is 1.18 bits per heavy atom. The van der Waals surface area contributed by atoms with Crippen LogP contribution in [0, 0.1) is 40.4 Å². The van der Waals surface area contributed by atoms with E-state index in [1.807, 2.05) is 6.08 Å². The fraction of sp³-hybridized carbons (Fsp3) is 0.800. The first-order chi connectivity index (χ1) is 10.5. The van der Waals surface area contributed by atoms with Gasteiger partial charge >= 0.3 is 0 Å². The third-order valence-electron chi connectivity index (χ3n) is 8.47. The summed E-state index contributed by atoms with van der Waals surface area (Å²) >= 11 is 0. The monoisotopic (exact) mass is 298 g/mol. The van der Waals surface area contributed by atoms with Gasteiger partial charge in [-0.3, -0.25) is 9.59 Å². The second-order valence-electron chi connectivity index (χ2n) is 9.14. The van der Waals surface area contributed by atoms with E-state index in [0.717, 1.165) is 43.9 Å². The predicted molar refractivity (Wildman–Crippen MR) is 84.1 cm³/mol. The second-order valence-corrected chi connectivity index (χ2v) is 9.14. The lowest BCUT2D eigenvalue weighted by Gasteiger charge is -2.56. The van der Waals surface area contributed by atoms with Gasteiger partial charge in [-0.05, 0) is 73.2 Å². The molecular weight excluding hydrogens is 272 g/mol. The van der Waals surface area contributed by atoms with Crippen molar-refractivity contribution in [3.05, 3.63) is 11.6 Å². The van der Waals surface area contributed by atoms with Crippen LogP contribution in [-0.2, 0) is 9.59 Å². The summed E-state index contributed by atoms with van der Waals surface area (Å²) in [6.07, 6.45) is 9.40. The highest BCUT2D eigenvalue weighted by Gasteiger charge is 2.78. The molecule has 0 heterocycles. The third-order valence-corrected chi connectivity index (χ3v) is 8.47. The largest absolute Gasteiger partial charge is 0.299 e. The van der Waals surface area contributed by atoms with Crippen molar-refractivity contribution in [1.82, 2.24) is 0 Å². The molecule has 0 bridgehead atoms. The zero-order chi connectivity index (χ0) is 15.3. The fourth-order valence-corrected chi connectivity index (χ4v) is 7.60. The smallest absolute Gasteiger partial charge is 0.155 e. The van der Waals surface area contributed by atoms with Gasteiger partial charge in [-0.2, -0.15) is 0 Å². The average Bonchev–Trinajstić information content (AvgIpc) is 3.11. The van der Waals surface area contributed by atoms with Crippen molar-refractivity contribution >= 4 is 11.6 Å². The van der Waals surface area contributed by atoms with Crippen LogP contribution in [0.5, 0.6) is 0 Å². The third kappa shape index (κ3) is 1.35. The average molecular weight is 298 g/mol. The molecule has 5 aliphatic rings. The van der Waals surface area contributed by atoms with Gasteiger partial charge in [0, 0.05) is 18.3 Å². The number of hydrogen-bond donors (Lipinski definition) is 0. The van der Waals surface area contributed by atoms with Crippen LogP contribution < -0.4 is 0 Å². The number of allylic oxidation sites excluding steroid dienone is 1. The normalized spacial score (nSPS) is 55.7. The van der Waals surface area contributed by atoms with Crippen LogP contribution in [0.2, 0.25) is 0 Å². The first-order valence-electron chi connectivity index (χ1n) is 9.24. The molecule has 5 aliphatic carbocycles. The highest BCUT2D eigenvalue weighted by Crippen LogP contribution is 2.81. The van der Waals surface area contributed by atoms with Crippen molar-refractivity contribution in [3.8, 4) is 0 Å². The van der Waals surface area contributed by atoms with Crippen molar-refractivity contribution < 1.29 is 9.59 Å². The molecule has 0 N–H and O–H groups in total. The Balaban J connectivity index is 1.58. The standard InChI is InChI=1S/C20H26O2/c1-11-7-12-8-14(21)3-4-15(12)16-5-6-19(2)17(22)9-13-10-20(13,19)18(11)16/h8,11,13,15-16,18H,3-7,9-10H2,1-2H3/t11-,13+,15+,16-,18-,19-,20-/m1/s1. The fourth-order valence-electron chi connectivity index (χ4n) is 7.60. The maximum Gasteiger partial charge on any atom is 0.155 e. The zero-order valence-corrected chi connectivity index (χ0v) is 13.7. The number of ketones is 2. The Hall–Kier alpha value is -0.920. The molecule has 0 saturated heterocycles. The molecule has 2 heteroatoms. The van der Waals surface area contributed by atoms with Crippen LogP contribution in [0.25, 0.3) is 0 Å².